The lowest BCUT2D eigenvalue weighted by Gasteiger charge is -2.27. The second-order valence-corrected chi connectivity index (χ2v) is 9.71. The van der Waals surface area contributed by atoms with Crippen molar-refractivity contribution in [1.82, 2.24) is 0 Å². The molecule has 0 aliphatic rings. The van der Waals surface area contributed by atoms with Crippen LogP contribution in [0.3, 0.4) is 0 Å². The summed E-state index contributed by atoms with van der Waals surface area (Å²) in [5, 5.41) is 10.3. The molecule has 112 valence electrons. The van der Waals surface area contributed by atoms with Crippen molar-refractivity contribution in [2.75, 3.05) is 6.26 Å². The molecule has 0 aliphatic heterocycles. The summed E-state index contributed by atoms with van der Waals surface area (Å²) in [6, 6.07) is 17.1. The molecule has 2 aromatic rings. The Labute approximate surface area is 133 Å². The largest absolute Gasteiger partial charge is 0.386 e. The van der Waals surface area contributed by atoms with Crippen molar-refractivity contribution in [3.8, 4) is 11.1 Å². The van der Waals surface area contributed by atoms with Gasteiger partial charge < -0.3 is 5.11 Å². The molecule has 0 radical (unpaired) electrons. The van der Waals surface area contributed by atoms with Gasteiger partial charge in [-0.3, -0.25) is 0 Å². The first-order valence-electron chi connectivity index (χ1n) is 6.45. The molecule has 2 rings (SSSR count). The minimum atomic E-state index is -3.45. The van der Waals surface area contributed by atoms with Gasteiger partial charge in [-0.2, -0.15) is 0 Å². The third kappa shape index (κ3) is 3.36. The lowest BCUT2D eigenvalue weighted by molar-refractivity contribution is 0.168. The average Bonchev–Trinajstić information content (AvgIpc) is 2.46. The Morgan fingerprint density at radius 2 is 1.48 bits per heavy atom. The van der Waals surface area contributed by atoms with E-state index in [1.165, 1.54) is 6.92 Å². The third-order valence-electron chi connectivity index (χ3n) is 3.55. The highest BCUT2D eigenvalue weighted by molar-refractivity contribution is 9.11. The maximum absolute atomic E-state index is 11.7. The van der Waals surface area contributed by atoms with E-state index in [9.17, 15) is 13.5 Å². The average molecular weight is 369 g/mol. The molecule has 2 atom stereocenters. The molecule has 0 amide bonds. The zero-order valence-corrected chi connectivity index (χ0v) is 14.2. The van der Waals surface area contributed by atoms with E-state index in [0.717, 1.165) is 17.4 Å². The summed E-state index contributed by atoms with van der Waals surface area (Å²) < 4.78 is 22.1. The number of aliphatic hydroxyl groups excluding tert-OH is 1. The quantitative estimate of drug-likeness (QED) is 0.839. The monoisotopic (exact) mass is 368 g/mol. The van der Waals surface area contributed by atoms with Crippen molar-refractivity contribution in [2.24, 2.45) is 0 Å². The second kappa shape index (κ2) is 5.91. The molecule has 0 heterocycles. The molecule has 21 heavy (non-hydrogen) atoms. The molecule has 0 bridgehead atoms. The van der Waals surface area contributed by atoms with E-state index >= 15 is 0 Å². The summed E-state index contributed by atoms with van der Waals surface area (Å²) in [6.07, 6.45) is -0.0409. The summed E-state index contributed by atoms with van der Waals surface area (Å²) in [6.45, 7) is 1.46. The summed E-state index contributed by atoms with van der Waals surface area (Å²) in [7, 11) is -3.45. The number of alkyl halides is 1. The van der Waals surface area contributed by atoms with Crippen molar-refractivity contribution < 1.29 is 13.5 Å². The Balaban J connectivity index is 2.32. The molecule has 0 fully saturated rings. The van der Waals surface area contributed by atoms with Crippen LogP contribution >= 0.6 is 15.9 Å². The highest BCUT2D eigenvalue weighted by Gasteiger charge is 2.41. The minimum Gasteiger partial charge on any atom is -0.386 e. The van der Waals surface area contributed by atoms with Crippen LogP contribution < -0.4 is 0 Å². The highest BCUT2D eigenvalue weighted by Crippen LogP contribution is 2.38. The Kier molecular flexibility index (Phi) is 4.56. The van der Waals surface area contributed by atoms with E-state index in [4.69, 9.17) is 0 Å². The molecular formula is C16H17BrO3S. The predicted octanol–water partition coefficient (Wildman–Crippen LogP) is 3.54. The molecule has 5 heteroatoms. The Morgan fingerprint density at radius 3 is 1.95 bits per heavy atom. The van der Waals surface area contributed by atoms with Gasteiger partial charge in [0.05, 0.1) is 0 Å². The van der Waals surface area contributed by atoms with Crippen LogP contribution in [0.2, 0.25) is 0 Å². The van der Waals surface area contributed by atoms with E-state index in [1.54, 1.807) is 12.1 Å². The maximum atomic E-state index is 11.7. The van der Waals surface area contributed by atoms with E-state index in [-0.39, 0.29) is 0 Å². The zero-order valence-electron chi connectivity index (χ0n) is 11.8. The fourth-order valence-electron chi connectivity index (χ4n) is 1.99. The molecule has 0 spiro atoms. The SMILES string of the molecule is C[C@](Br)([C@H](O)c1ccc(-c2ccccc2)cc1)S(C)(=O)=O. The van der Waals surface area contributed by atoms with Crippen LogP contribution in [0, 0.1) is 0 Å². The van der Waals surface area contributed by atoms with Crippen LogP contribution in [-0.2, 0) is 9.84 Å². The van der Waals surface area contributed by atoms with Gasteiger partial charge in [-0.25, -0.2) is 8.42 Å². The first kappa shape index (κ1) is 16.2. The number of rotatable bonds is 4. The fraction of sp³-hybridized carbons (Fsp3) is 0.250. The topological polar surface area (TPSA) is 54.4 Å². The van der Waals surface area contributed by atoms with Crippen molar-refractivity contribution in [2.45, 2.75) is 16.7 Å². The van der Waals surface area contributed by atoms with Crippen LogP contribution in [0.4, 0.5) is 0 Å². The van der Waals surface area contributed by atoms with Gasteiger partial charge in [0.1, 0.15) is 6.10 Å². The molecule has 0 aliphatic carbocycles. The Morgan fingerprint density at radius 1 is 1.00 bits per heavy atom. The predicted molar refractivity (Wildman–Crippen MR) is 89.0 cm³/mol. The van der Waals surface area contributed by atoms with Gasteiger partial charge in [-0.15, -0.1) is 0 Å². The lowest BCUT2D eigenvalue weighted by Crippen LogP contribution is -2.34. The summed E-state index contributed by atoms with van der Waals surface area (Å²) in [4.78, 5) is 0. The highest BCUT2D eigenvalue weighted by atomic mass is 79.9. The normalized spacial score (nSPS) is 16.2. The third-order valence-corrected chi connectivity index (χ3v) is 7.42. The van der Waals surface area contributed by atoms with Crippen molar-refractivity contribution in [3.05, 3.63) is 60.2 Å². The minimum absolute atomic E-state index is 0.555. The van der Waals surface area contributed by atoms with E-state index in [1.807, 2.05) is 42.5 Å². The molecule has 0 saturated carbocycles. The van der Waals surface area contributed by atoms with E-state index in [2.05, 4.69) is 15.9 Å². The molecular weight excluding hydrogens is 352 g/mol. The molecule has 0 aromatic heterocycles. The van der Waals surface area contributed by atoms with Gasteiger partial charge >= 0.3 is 0 Å². The summed E-state index contributed by atoms with van der Waals surface area (Å²) in [5.41, 5.74) is 2.64. The summed E-state index contributed by atoms with van der Waals surface area (Å²) in [5.74, 6) is 0. The summed E-state index contributed by atoms with van der Waals surface area (Å²) >= 11 is 3.13. The first-order chi connectivity index (χ1) is 9.73. The van der Waals surface area contributed by atoms with Crippen LogP contribution in [0.15, 0.2) is 54.6 Å². The van der Waals surface area contributed by atoms with Crippen LogP contribution in [0.1, 0.15) is 18.6 Å². The molecule has 0 unspecified atom stereocenters. The smallest absolute Gasteiger partial charge is 0.165 e. The number of aliphatic hydroxyl groups is 1. The van der Waals surface area contributed by atoms with Gasteiger partial charge in [-0.05, 0) is 23.6 Å². The Bertz CT molecular complexity index is 707. The van der Waals surface area contributed by atoms with Gasteiger partial charge in [0.25, 0.3) is 0 Å². The number of hydrogen-bond acceptors (Lipinski definition) is 3. The molecule has 3 nitrogen and oxygen atoms in total. The van der Waals surface area contributed by atoms with Crippen LogP contribution in [0.5, 0.6) is 0 Å². The number of hydrogen-bond donors (Lipinski definition) is 1. The van der Waals surface area contributed by atoms with Crippen LogP contribution in [0.25, 0.3) is 11.1 Å². The first-order valence-corrected chi connectivity index (χ1v) is 9.14. The number of benzene rings is 2. The molecule has 2 aromatic carbocycles. The second-order valence-electron chi connectivity index (χ2n) is 5.15. The Hall–Kier alpha value is -1.17. The number of halogens is 1. The lowest BCUT2D eigenvalue weighted by atomic mass is 10.0. The van der Waals surface area contributed by atoms with Crippen molar-refractivity contribution in [3.63, 3.8) is 0 Å². The van der Waals surface area contributed by atoms with Crippen LogP contribution in [-0.4, -0.2) is 23.4 Å². The zero-order chi connectivity index (χ0) is 15.7. The number of sulfone groups is 1. The van der Waals surface area contributed by atoms with E-state index in [0.29, 0.717) is 5.56 Å². The fourth-order valence-corrected chi connectivity index (χ4v) is 2.79. The van der Waals surface area contributed by atoms with Gasteiger partial charge in [0.15, 0.2) is 13.5 Å². The van der Waals surface area contributed by atoms with Gasteiger partial charge in [0.2, 0.25) is 0 Å². The maximum Gasteiger partial charge on any atom is 0.165 e. The van der Waals surface area contributed by atoms with Gasteiger partial charge in [-0.1, -0.05) is 70.5 Å². The van der Waals surface area contributed by atoms with E-state index < -0.39 is 19.6 Å². The molecule has 1 N–H and O–H groups in total. The molecule has 0 saturated heterocycles. The standard InChI is InChI=1S/C16H17BrO3S/c1-16(17,21(2,19)20)15(18)14-10-8-13(9-11-14)12-6-4-3-5-7-12/h3-11,15,18H,1-2H3/t15-,16-/m1/s1. The van der Waals surface area contributed by atoms with Gasteiger partial charge in [0, 0.05) is 6.26 Å². The van der Waals surface area contributed by atoms with Crippen molar-refractivity contribution in [1.29, 1.82) is 0 Å². The van der Waals surface area contributed by atoms with Crippen molar-refractivity contribution >= 4 is 25.8 Å².